The highest BCUT2D eigenvalue weighted by molar-refractivity contribution is 7.93. The predicted octanol–water partition coefficient (Wildman–Crippen LogP) is 4.10. The summed E-state index contributed by atoms with van der Waals surface area (Å²) in [7, 11) is -3.67. The van der Waals surface area contributed by atoms with Gasteiger partial charge < -0.3 is 5.32 Å². The van der Waals surface area contributed by atoms with Crippen molar-refractivity contribution in [1.29, 1.82) is 0 Å². The largest absolute Gasteiger partial charge is 0.354 e. The molecule has 1 fully saturated rings. The van der Waals surface area contributed by atoms with Crippen LogP contribution in [0.4, 0.5) is 4.39 Å². The lowest BCUT2D eigenvalue weighted by Crippen LogP contribution is -2.36. The van der Waals surface area contributed by atoms with Gasteiger partial charge in [0.25, 0.3) is 0 Å². The van der Waals surface area contributed by atoms with Crippen LogP contribution in [0.25, 0.3) is 0 Å². The first-order chi connectivity index (χ1) is 12.5. The number of thiophene rings is 1. The molecule has 1 saturated carbocycles. The lowest BCUT2D eigenvalue weighted by atomic mass is 9.88. The number of hydrogen-bond acceptors (Lipinski definition) is 4. The van der Waals surface area contributed by atoms with E-state index >= 15 is 0 Å². The summed E-state index contributed by atoms with van der Waals surface area (Å²) in [6.07, 6.45) is 4.92. The number of carbonyl (C=O) groups excluding carboxylic acids is 1. The Hall–Kier alpha value is -1.73. The van der Waals surface area contributed by atoms with E-state index in [1.807, 2.05) is 0 Å². The third-order valence-electron chi connectivity index (χ3n) is 4.83. The summed E-state index contributed by atoms with van der Waals surface area (Å²) in [5, 5.41) is 3.59. The smallest absolute Gasteiger partial charge is 0.223 e. The van der Waals surface area contributed by atoms with Crippen LogP contribution in [-0.2, 0) is 14.6 Å². The normalized spacial score (nSPS) is 17.0. The number of sulfone groups is 1. The Morgan fingerprint density at radius 3 is 2.46 bits per heavy atom. The molecule has 0 spiro atoms. The molecule has 4 nitrogen and oxygen atoms in total. The van der Waals surface area contributed by atoms with Crippen LogP contribution < -0.4 is 5.32 Å². The molecule has 1 aliphatic rings. The van der Waals surface area contributed by atoms with Gasteiger partial charge >= 0.3 is 0 Å². The minimum Gasteiger partial charge on any atom is -0.354 e. The maximum Gasteiger partial charge on any atom is 0.223 e. The monoisotopic (exact) mass is 395 g/mol. The van der Waals surface area contributed by atoms with E-state index in [9.17, 15) is 17.6 Å². The maximum atomic E-state index is 13.3. The van der Waals surface area contributed by atoms with Crippen LogP contribution in [0.15, 0.2) is 46.0 Å². The molecule has 1 heterocycles. The molecule has 1 aromatic carbocycles. The molecule has 1 amide bonds. The number of rotatable bonds is 6. The van der Waals surface area contributed by atoms with E-state index in [1.165, 1.54) is 24.3 Å². The number of hydrogen-bond donors (Lipinski definition) is 1. The van der Waals surface area contributed by atoms with E-state index in [2.05, 4.69) is 5.32 Å². The summed E-state index contributed by atoms with van der Waals surface area (Å²) in [5.74, 6) is -0.549. The number of halogens is 1. The molecule has 1 aromatic heterocycles. The number of benzene rings is 1. The topological polar surface area (TPSA) is 63.2 Å². The second-order valence-electron chi connectivity index (χ2n) is 6.60. The van der Waals surface area contributed by atoms with Gasteiger partial charge in [-0.1, -0.05) is 37.5 Å². The third-order valence-corrected chi connectivity index (χ3v) is 8.36. The first-order valence-electron chi connectivity index (χ1n) is 8.79. The molecular formula is C19H22FNO3S2. The van der Waals surface area contributed by atoms with Gasteiger partial charge in [0.15, 0.2) is 9.84 Å². The zero-order valence-electron chi connectivity index (χ0n) is 14.4. The standard InChI is InChI=1S/C19H22FNO3S2/c20-16-10-8-14(9-11-16)17(26(23,24)18-7-4-12-25-18)13-21-19(22)15-5-2-1-3-6-15/h4,7-12,15,17H,1-3,5-6,13H2,(H,21,22)/t17-/m1/s1. The molecule has 140 valence electrons. The molecule has 1 N–H and O–H groups in total. The molecule has 0 radical (unpaired) electrons. The van der Waals surface area contributed by atoms with Crippen molar-refractivity contribution in [3.05, 3.63) is 53.2 Å². The fourth-order valence-electron chi connectivity index (χ4n) is 3.35. The van der Waals surface area contributed by atoms with Gasteiger partial charge in [-0.25, -0.2) is 12.8 Å². The highest BCUT2D eigenvalue weighted by atomic mass is 32.2. The van der Waals surface area contributed by atoms with Crippen LogP contribution in [0.1, 0.15) is 42.9 Å². The summed E-state index contributed by atoms with van der Waals surface area (Å²) in [4.78, 5) is 12.4. The molecule has 3 rings (SSSR count). The Morgan fingerprint density at radius 2 is 1.85 bits per heavy atom. The van der Waals surface area contributed by atoms with Crippen molar-refractivity contribution in [3.63, 3.8) is 0 Å². The molecule has 1 atom stereocenters. The summed E-state index contributed by atoms with van der Waals surface area (Å²) < 4.78 is 39.6. The zero-order valence-corrected chi connectivity index (χ0v) is 16.0. The second-order valence-corrected chi connectivity index (χ2v) is 9.90. The van der Waals surface area contributed by atoms with Gasteiger partial charge in [-0.2, -0.15) is 0 Å². The Labute approximate surface area is 157 Å². The van der Waals surface area contributed by atoms with Gasteiger partial charge in [-0.3, -0.25) is 4.79 Å². The third kappa shape index (κ3) is 4.32. The van der Waals surface area contributed by atoms with Crippen molar-refractivity contribution < 1.29 is 17.6 Å². The zero-order chi connectivity index (χ0) is 18.6. The molecule has 7 heteroatoms. The van der Waals surface area contributed by atoms with Crippen LogP contribution in [0.2, 0.25) is 0 Å². The molecule has 2 aromatic rings. The fraction of sp³-hybridized carbons (Fsp3) is 0.421. The number of amides is 1. The van der Waals surface area contributed by atoms with Crippen LogP contribution in [0.5, 0.6) is 0 Å². The Bertz CT molecular complexity index is 826. The predicted molar refractivity (Wildman–Crippen MR) is 100 cm³/mol. The maximum absolute atomic E-state index is 13.3. The van der Waals surface area contributed by atoms with Gasteiger partial charge in [0.05, 0.1) is 0 Å². The van der Waals surface area contributed by atoms with Crippen LogP contribution in [-0.4, -0.2) is 20.9 Å². The van der Waals surface area contributed by atoms with Crippen LogP contribution in [0, 0.1) is 11.7 Å². The summed E-state index contributed by atoms with van der Waals surface area (Å²) >= 11 is 1.14. The molecule has 0 bridgehead atoms. The quantitative estimate of drug-likeness (QED) is 0.801. The highest BCUT2D eigenvalue weighted by Gasteiger charge is 2.31. The van der Waals surface area contributed by atoms with Crippen LogP contribution in [0.3, 0.4) is 0 Å². The molecular weight excluding hydrogens is 373 g/mol. The van der Waals surface area contributed by atoms with E-state index in [0.717, 1.165) is 43.4 Å². The van der Waals surface area contributed by atoms with E-state index in [1.54, 1.807) is 17.5 Å². The van der Waals surface area contributed by atoms with Crippen molar-refractivity contribution in [2.24, 2.45) is 5.92 Å². The van der Waals surface area contributed by atoms with Gasteiger partial charge in [-0.15, -0.1) is 11.3 Å². The highest BCUT2D eigenvalue weighted by Crippen LogP contribution is 2.31. The Kier molecular flexibility index (Phi) is 6.09. The lowest BCUT2D eigenvalue weighted by Gasteiger charge is -2.23. The van der Waals surface area contributed by atoms with Crippen molar-refractivity contribution in [1.82, 2.24) is 5.32 Å². The fourth-order valence-corrected chi connectivity index (χ4v) is 6.22. The van der Waals surface area contributed by atoms with Gasteiger partial charge in [0, 0.05) is 12.5 Å². The SMILES string of the molecule is O=C(NC[C@H](c1ccc(F)cc1)S(=O)(=O)c1cccs1)C1CCCCC1. The molecule has 1 aliphatic carbocycles. The number of carbonyl (C=O) groups is 1. The lowest BCUT2D eigenvalue weighted by molar-refractivity contribution is -0.125. The van der Waals surface area contributed by atoms with E-state index in [-0.39, 0.29) is 22.6 Å². The Morgan fingerprint density at radius 1 is 1.15 bits per heavy atom. The number of nitrogens with one attached hydrogen (secondary N) is 1. The van der Waals surface area contributed by atoms with E-state index in [4.69, 9.17) is 0 Å². The minimum absolute atomic E-state index is 0.0127. The average molecular weight is 396 g/mol. The van der Waals surface area contributed by atoms with Crippen LogP contribution >= 0.6 is 11.3 Å². The van der Waals surface area contributed by atoms with E-state index in [0.29, 0.717) is 5.56 Å². The minimum atomic E-state index is -3.67. The molecule has 0 aliphatic heterocycles. The van der Waals surface area contributed by atoms with Crippen molar-refractivity contribution >= 4 is 27.1 Å². The van der Waals surface area contributed by atoms with Crippen molar-refractivity contribution in [3.8, 4) is 0 Å². The molecule has 26 heavy (non-hydrogen) atoms. The average Bonchev–Trinajstić information content (AvgIpc) is 3.19. The van der Waals surface area contributed by atoms with Gasteiger partial charge in [0.1, 0.15) is 15.3 Å². The summed E-state index contributed by atoms with van der Waals surface area (Å²) in [6, 6.07) is 8.67. The molecule has 0 unspecified atom stereocenters. The first kappa shape index (κ1) is 19.0. The van der Waals surface area contributed by atoms with Crippen molar-refractivity contribution in [2.45, 2.75) is 41.6 Å². The van der Waals surface area contributed by atoms with Gasteiger partial charge in [-0.05, 0) is 42.0 Å². The van der Waals surface area contributed by atoms with Crippen molar-refractivity contribution in [2.75, 3.05) is 6.54 Å². The second kappa shape index (κ2) is 8.31. The molecule has 0 saturated heterocycles. The summed E-state index contributed by atoms with van der Waals surface area (Å²) in [5.41, 5.74) is 0.476. The first-order valence-corrected chi connectivity index (χ1v) is 11.2. The summed E-state index contributed by atoms with van der Waals surface area (Å²) in [6.45, 7) is -0.0127. The van der Waals surface area contributed by atoms with Gasteiger partial charge in [0.2, 0.25) is 5.91 Å². The Balaban J connectivity index is 1.81. The van der Waals surface area contributed by atoms with E-state index < -0.39 is 20.9 Å².